The van der Waals surface area contributed by atoms with Gasteiger partial charge in [-0.1, -0.05) is 25.1 Å². The number of hydrogen-bond acceptors (Lipinski definition) is 6. The Kier molecular flexibility index (Phi) is 4.36. The number of pyridine rings is 1. The van der Waals surface area contributed by atoms with E-state index >= 15 is 0 Å². The predicted molar refractivity (Wildman–Crippen MR) is 115 cm³/mol. The van der Waals surface area contributed by atoms with E-state index in [1.807, 2.05) is 49.4 Å². The number of benzene rings is 2. The van der Waals surface area contributed by atoms with Crippen molar-refractivity contribution in [3.8, 4) is 23.3 Å². The molecule has 7 heteroatoms. The first-order valence-electron chi connectivity index (χ1n) is 10.1. The SMILES string of the molecule is C[C@H](Cc1ccc2c(c1)OCO2)[C@H]1C(C#N)=C(N)Oc2c1c(=O)n(C)c1ccccc21. The number of para-hydroxylation sites is 1. The molecule has 2 atom stereocenters. The van der Waals surface area contributed by atoms with Crippen molar-refractivity contribution in [2.45, 2.75) is 19.3 Å². The van der Waals surface area contributed by atoms with Crippen molar-refractivity contribution in [3.63, 3.8) is 0 Å². The lowest BCUT2D eigenvalue weighted by atomic mass is 9.77. The van der Waals surface area contributed by atoms with Crippen molar-refractivity contribution in [1.29, 1.82) is 5.26 Å². The molecule has 2 aromatic carbocycles. The van der Waals surface area contributed by atoms with Gasteiger partial charge in [0.05, 0.1) is 16.7 Å². The number of rotatable bonds is 3. The van der Waals surface area contributed by atoms with Gasteiger partial charge >= 0.3 is 0 Å². The fourth-order valence-corrected chi connectivity index (χ4v) is 4.59. The summed E-state index contributed by atoms with van der Waals surface area (Å²) in [5.74, 6) is 1.34. The summed E-state index contributed by atoms with van der Waals surface area (Å²) in [4.78, 5) is 13.4. The van der Waals surface area contributed by atoms with Gasteiger partial charge in [-0.05, 0) is 42.2 Å². The van der Waals surface area contributed by atoms with Crippen molar-refractivity contribution < 1.29 is 14.2 Å². The van der Waals surface area contributed by atoms with Crippen molar-refractivity contribution in [2.24, 2.45) is 18.7 Å². The van der Waals surface area contributed by atoms with Gasteiger partial charge in [0, 0.05) is 18.4 Å². The quantitative estimate of drug-likeness (QED) is 0.705. The molecule has 0 fully saturated rings. The minimum Gasteiger partial charge on any atom is -0.454 e. The number of nitrogens with zero attached hydrogens (tertiary/aromatic N) is 2. The molecule has 7 nitrogen and oxygen atoms in total. The number of aromatic nitrogens is 1. The van der Waals surface area contributed by atoms with Crippen molar-refractivity contribution in [2.75, 3.05) is 6.79 Å². The van der Waals surface area contributed by atoms with Gasteiger partial charge < -0.3 is 24.5 Å². The molecule has 3 aromatic rings. The van der Waals surface area contributed by atoms with Gasteiger partial charge in [0.1, 0.15) is 11.8 Å². The first kappa shape index (κ1) is 19.1. The third-order valence-electron chi connectivity index (χ3n) is 6.07. The summed E-state index contributed by atoms with van der Waals surface area (Å²) >= 11 is 0. The minimum atomic E-state index is -0.484. The van der Waals surface area contributed by atoms with Crippen LogP contribution in [0.3, 0.4) is 0 Å². The molecule has 31 heavy (non-hydrogen) atoms. The molecule has 0 saturated carbocycles. The van der Waals surface area contributed by atoms with Crippen LogP contribution in [-0.2, 0) is 13.5 Å². The maximum atomic E-state index is 13.4. The molecule has 0 unspecified atom stereocenters. The van der Waals surface area contributed by atoms with Crippen LogP contribution in [0.4, 0.5) is 0 Å². The average molecular weight is 415 g/mol. The summed E-state index contributed by atoms with van der Waals surface area (Å²) in [5.41, 5.74) is 8.52. The smallest absolute Gasteiger partial charge is 0.258 e. The van der Waals surface area contributed by atoms with Crippen LogP contribution >= 0.6 is 0 Å². The van der Waals surface area contributed by atoms with E-state index in [9.17, 15) is 10.1 Å². The van der Waals surface area contributed by atoms with Crippen LogP contribution in [0.15, 0.2) is 58.7 Å². The molecule has 0 radical (unpaired) electrons. The van der Waals surface area contributed by atoms with Crippen LogP contribution < -0.4 is 25.5 Å². The monoisotopic (exact) mass is 415 g/mol. The molecule has 1 aromatic heterocycles. The average Bonchev–Trinajstić information content (AvgIpc) is 3.24. The van der Waals surface area contributed by atoms with Crippen LogP contribution in [0.1, 0.15) is 24.0 Å². The van der Waals surface area contributed by atoms with Crippen LogP contribution in [0, 0.1) is 17.2 Å². The Morgan fingerprint density at radius 1 is 1.23 bits per heavy atom. The fourth-order valence-electron chi connectivity index (χ4n) is 4.59. The number of fused-ring (bicyclic) bond motifs is 4. The highest BCUT2D eigenvalue weighted by Crippen LogP contribution is 2.44. The lowest BCUT2D eigenvalue weighted by Crippen LogP contribution is -2.33. The molecular weight excluding hydrogens is 394 g/mol. The Hall–Kier alpha value is -3.92. The van der Waals surface area contributed by atoms with E-state index in [1.165, 1.54) is 0 Å². The number of aryl methyl sites for hydroxylation is 1. The van der Waals surface area contributed by atoms with E-state index in [2.05, 4.69) is 6.07 Å². The normalized spacial score (nSPS) is 17.8. The van der Waals surface area contributed by atoms with E-state index < -0.39 is 5.92 Å². The molecule has 0 saturated heterocycles. The van der Waals surface area contributed by atoms with E-state index in [0.29, 0.717) is 23.5 Å². The maximum absolute atomic E-state index is 13.4. The minimum absolute atomic E-state index is 0.0518. The van der Waals surface area contributed by atoms with E-state index in [-0.39, 0.29) is 29.7 Å². The number of ether oxygens (including phenoxy) is 3. The first-order valence-corrected chi connectivity index (χ1v) is 10.1. The van der Waals surface area contributed by atoms with Crippen molar-refractivity contribution in [1.82, 2.24) is 4.57 Å². The topological polar surface area (TPSA) is 99.5 Å². The summed E-state index contributed by atoms with van der Waals surface area (Å²) in [6.45, 7) is 2.23. The zero-order valence-electron chi connectivity index (χ0n) is 17.2. The summed E-state index contributed by atoms with van der Waals surface area (Å²) in [6.07, 6.45) is 0.620. The highest BCUT2D eigenvalue weighted by molar-refractivity contribution is 5.87. The third kappa shape index (κ3) is 2.91. The Morgan fingerprint density at radius 2 is 2.00 bits per heavy atom. The van der Waals surface area contributed by atoms with Gasteiger partial charge in [-0.25, -0.2) is 0 Å². The molecule has 2 aliphatic rings. The Balaban J connectivity index is 1.64. The molecule has 0 bridgehead atoms. The van der Waals surface area contributed by atoms with E-state index in [4.69, 9.17) is 19.9 Å². The summed E-state index contributed by atoms with van der Waals surface area (Å²) in [7, 11) is 1.73. The molecule has 2 N–H and O–H groups in total. The second-order valence-corrected chi connectivity index (χ2v) is 7.96. The standard InChI is InChI=1S/C24H21N3O4/c1-13(9-14-7-8-18-19(10-14)30-12-29-18)20-16(11-25)23(26)31-22-15-5-3-4-6-17(15)27(2)24(28)21(20)22/h3-8,10,13,20H,9,12,26H2,1-2H3/t13-,20+/m1/s1. The van der Waals surface area contributed by atoms with E-state index in [0.717, 1.165) is 22.2 Å². The zero-order valence-corrected chi connectivity index (χ0v) is 17.2. The van der Waals surface area contributed by atoms with Crippen LogP contribution in [0.25, 0.3) is 10.9 Å². The summed E-state index contributed by atoms with van der Waals surface area (Å²) in [6, 6.07) is 15.5. The Bertz CT molecular complexity index is 1350. The highest BCUT2D eigenvalue weighted by Gasteiger charge is 2.37. The molecule has 0 aliphatic carbocycles. The molecule has 0 spiro atoms. The summed E-state index contributed by atoms with van der Waals surface area (Å²) in [5, 5.41) is 10.7. The lowest BCUT2D eigenvalue weighted by Gasteiger charge is -2.31. The van der Waals surface area contributed by atoms with Gasteiger partial charge in [0.15, 0.2) is 11.5 Å². The third-order valence-corrected chi connectivity index (χ3v) is 6.07. The zero-order chi connectivity index (χ0) is 21.7. The molecule has 156 valence electrons. The largest absolute Gasteiger partial charge is 0.454 e. The van der Waals surface area contributed by atoms with Crippen molar-refractivity contribution >= 4 is 10.9 Å². The van der Waals surface area contributed by atoms with Crippen LogP contribution in [-0.4, -0.2) is 11.4 Å². The fraction of sp³-hybridized carbons (Fsp3) is 0.250. The number of nitriles is 1. The van der Waals surface area contributed by atoms with E-state index in [1.54, 1.807) is 11.6 Å². The Morgan fingerprint density at radius 3 is 2.81 bits per heavy atom. The van der Waals surface area contributed by atoms with Gasteiger partial charge in [-0.15, -0.1) is 0 Å². The lowest BCUT2D eigenvalue weighted by molar-refractivity contribution is 0.174. The van der Waals surface area contributed by atoms with Crippen molar-refractivity contribution in [3.05, 3.63) is 75.4 Å². The summed E-state index contributed by atoms with van der Waals surface area (Å²) < 4.78 is 18.3. The van der Waals surface area contributed by atoms with Crippen LogP contribution in [0.2, 0.25) is 0 Å². The molecule has 2 aliphatic heterocycles. The molecular formula is C24H21N3O4. The number of allylic oxidation sites excluding steroid dienone is 1. The molecule has 0 amide bonds. The van der Waals surface area contributed by atoms with Gasteiger partial charge in [0.25, 0.3) is 5.56 Å². The second kappa shape index (κ2) is 7.10. The Labute approximate surface area is 178 Å². The number of hydrogen-bond donors (Lipinski definition) is 1. The maximum Gasteiger partial charge on any atom is 0.258 e. The number of nitrogens with two attached hydrogens (primary N) is 1. The predicted octanol–water partition coefficient (Wildman–Crippen LogP) is 3.32. The second-order valence-electron chi connectivity index (χ2n) is 7.96. The van der Waals surface area contributed by atoms with Gasteiger partial charge in [-0.2, -0.15) is 5.26 Å². The van der Waals surface area contributed by atoms with Gasteiger partial charge in [-0.3, -0.25) is 4.79 Å². The molecule has 5 rings (SSSR count). The molecule has 3 heterocycles. The first-order chi connectivity index (χ1) is 15.0. The van der Waals surface area contributed by atoms with Crippen LogP contribution in [0.5, 0.6) is 17.2 Å². The van der Waals surface area contributed by atoms with Gasteiger partial charge in [0.2, 0.25) is 12.7 Å². The highest BCUT2D eigenvalue weighted by atomic mass is 16.7.